The number of hydrogen-bond donors (Lipinski definition) is 2. The predicted molar refractivity (Wildman–Crippen MR) is 67.8 cm³/mol. The van der Waals surface area contributed by atoms with Crippen molar-refractivity contribution in [2.75, 3.05) is 5.32 Å². The molecular weight excluding hydrogens is 255 g/mol. The summed E-state index contributed by atoms with van der Waals surface area (Å²) in [5.74, 6) is -0.440. The summed E-state index contributed by atoms with van der Waals surface area (Å²) in [5, 5.41) is 11.8. The van der Waals surface area contributed by atoms with Crippen molar-refractivity contribution in [3.8, 4) is 6.07 Å². The van der Waals surface area contributed by atoms with Crippen LogP contribution >= 0.6 is 11.6 Å². The first kappa shape index (κ1) is 13.1. The van der Waals surface area contributed by atoms with Crippen LogP contribution in [0.25, 0.3) is 0 Å². The first-order valence-corrected chi connectivity index (χ1v) is 6.26. The van der Waals surface area contributed by atoms with Crippen molar-refractivity contribution >= 4 is 17.4 Å². The summed E-state index contributed by atoms with van der Waals surface area (Å²) in [4.78, 5) is 3.88. The minimum Gasteiger partial charge on any atom is -0.365 e. The number of pyridine rings is 1. The number of nitriles is 1. The molecule has 96 valence electrons. The zero-order valence-corrected chi connectivity index (χ0v) is 10.5. The standard InChI is InChI=1S/C12H14ClFN4/c13-11-7(6-15)5-10(14)12(18-11)17-9-3-1-8(16)2-4-9/h5,8-9H,1-4,16H2,(H,17,18)/t8-,9-. The van der Waals surface area contributed by atoms with Crippen molar-refractivity contribution in [1.29, 1.82) is 5.26 Å². The molecule has 3 N–H and O–H groups in total. The second kappa shape index (κ2) is 5.51. The highest BCUT2D eigenvalue weighted by atomic mass is 35.5. The number of anilines is 1. The lowest BCUT2D eigenvalue weighted by atomic mass is 9.92. The van der Waals surface area contributed by atoms with Gasteiger partial charge in [-0.3, -0.25) is 0 Å². The number of aromatic nitrogens is 1. The Hall–Kier alpha value is -1.38. The molecule has 1 saturated carbocycles. The van der Waals surface area contributed by atoms with Crippen molar-refractivity contribution in [1.82, 2.24) is 4.98 Å². The first-order valence-electron chi connectivity index (χ1n) is 5.88. The van der Waals surface area contributed by atoms with Gasteiger partial charge in [-0.2, -0.15) is 5.26 Å². The number of rotatable bonds is 2. The zero-order valence-electron chi connectivity index (χ0n) is 9.79. The van der Waals surface area contributed by atoms with Crippen molar-refractivity contribution < 1.29 is 4.39 Å². The molecule has 0 aromatic carbocycles. The maximum atomic E-state index is 13.7. The van der Waals surface area contributed by atoms with Gasteiger partial charge in [0.25, 0.3) is 0 Å². The summed E-state index contributed by atoms with van der Waals surface area (Å²) in [5.41, 5.74) is 5.85. The Bertz CT molecular complexity index is 478. The van der Waals surface area contributed by atoms with Crippen LogP contribution in [0.3, 0.4) is 0 Å². The van der Waals surface area contributed by atoms with Gasteiger partial charge in [0.1, 0.15) is 11.2 Å². The highest BCUT2D eigenvalue weighted by molar-refractivity contribution is 6.30. The molecule has 0 spiro atoms. The smallest absolute Gasteiger partial charge is 0.166 e. The number of nitrogens with one attached hydrogen (secondary N) is 1. The maximum absolute atomic E-state index is 13.7. The summed E-state index contributed by atoms with van der Waals surface area (Å²) < 4.78 is 13.7. The summed E-state index contributed by atoms with van der Waals surface area (Å²) in [6.45, 7) is 0. The van der Waals surface area contributed by atoms with Crippen LogP contribution in [-0.2, 0) is 0 Å². The number of nitrogens with zero attached hydrogens (tertiary/aromatic N) is 2. The quantitative estimate of drug-likeness (QED) is 0.808. The van der Waals surface area contributed by atoms with Gasteiger partial charge < -0.3 is 11.1 Å². The number of nitrogens with two attached hydrogens (primary N) is 1. The molecule has 0 atom stereocenters. The highest BCUT2D eigenvalue weighted by Gasteiger charge is 2.20. The van der Waals surface area contributed by atoms with Crippen molar-refractivity contribution in [2.24, 2.45) is 5.73 Å². The second-order valence-corrected chi connectivity index (χ2v) is 4.88. The van der Waals surface area contributed by atoms with Crippen LogP contribution in [0.4, 0.5) is 10.2 Å². The molecule has 0 aliphatic heterocycles. The lowest BCUT2D eigenvalue weighted by Gasteiger charge is -2.27. The van der Waals surface area contributed by atoms with Crippen LogP contribution in [0.15, 0.2) is 6.07 Å². The molecule has 1 fully saturated rings. The molecule has 0 bridgehead atoms. The fourth-order valence-corrected chi connectivity index (χ4v) is 2.28. The molecule has 1 heterocycles. The van der Waals surface area contributed by atoms with E-state index in [9.17, 15) is 4.39 Å². The van der Waals surface area contributed by atoms with Crippen LogP contribution < -0.4 is 11.1 Å². The van der Waals surface area contributed by atoms with Crippen LogP contribution in [0.2, 0.25) is 5.15 Å². The van der Waals surface area contributed by atoms with Gasteiger partial charge in [-0.15, -0.1) is 0 Å². The largest absolute Gasteiger partial charge is 0.365 e. The van der Waals surface area contributed by atoms with E-state index in [1.54, 1.807) is 6.07 Å². The van der Waals surface area contributed by atoms with Crippen molar-refractivity contribution in [3.63, 3.8) is 0 Å². The van der Waals surface area contributed by atoms with Gasteiger partial charge in [0.05, 0.1) is 5.56 Å². The third-order valence-corrected chi connectivity index (χ3v) is 3.45. The molecule has 1 aliphatic rings. The normalized spacial score (nSPS) is 23.4. The Morgan fingerprint density at radius 3 is 2.72 bits per heavy atom. The van der Waals surface area contributed by atoms with E-state index in [1.807, 2.05) is 0 Å². The predicted octanol–water partition coefficient (Wildman–Crippen LogP) is 2.43. The second-order valence-electron chi connectivity index (χ2n) is 4.53. The minimum absolute atomic E-state index is 0.0221. The van der Waals surface area contributed by atoms with E-state index < -0.39 is 5.82 Å². The molecular formula is C12H14ClFN4. The molecule has 0 unspecified atom stereocenters. The minimum atomic E-state index is -0.550. The van der Waals surface area contributed by atoms with E-state index in [0.29, 0.717) is 0 Å². The fourth-order valence-electron chi connectivity index (χ4n) is 2.10. The number of hydrogen-bond acceptors (Lipinski definition) is 4. The third-order valence-electron chi connectivity index (χ3n) is 3.16. The molecule has 1 aromatic heterocycles. The average Bonchev–Trinajstić information content (AvgIpc) is 2.36. The van der Waals surface area contributed by atoms with Gasteiger partial charge in [-0.05, 0) is 31.7 Å². The number of halogens is 2. The molecule has 6 heteroatoms. The summed E-state index contributed by atoms with van der Waals surface area (Å²) in [6.07, 6.45) is 3.62. The molecule has 0 amide bonds. The zero-order chi connectivity index (χ0) is 13.1. The van der Waals surface area contributed by atoms with E-state index in [0.717, 1.165) is 31.7 Å². The lowest BCUT2D eigenvalue weighted by Crippen LogP contribution is -2.33. The topological polar surface area (TPSA) is 74.7 Å². The van der Waals surface area contributed by atoms with Gasteiger partial charge in [-0.25, -0.2) is 9.37 Å². The molecule has 18 heavy (non-hydrogen) atoms. The van der Waals surface area contributed by atoms with E-state index >= 15 is 0 Å². The summed E-state index contributed by atoms with van der Waals surface area (Å²) >= 11 is 5.78. The van der Waals surface area contributed by atoms with E-state index in [1.165, 1.54) is 0 Å². The van der Waals surface area contributed by atoms with E-state index in [4.69, 9.17) is 22.6 Å². The van der Waals surface area contributed by atoms with Gasteiger partial charge >= 0.3 is 0 Å². The molecule has 4 nitrogen and oxygen atoms in total. The molecule has 0 saturated heterocycles. The molecule has 2 rings (SSSR count). The Morgan fingerprint density at radius 1 is 1.44 bits per heavy atom. The van der Waals surface area contributed by atoms with Gasteiger partial charge in [-0.1, -0.05) is 11.6 Å². The van der Waals surface area contributed by atoms with Gasteiger partial charge in [0, 0.05) is 12.1 Å². The SMILES string of the molecule is N#Cc1cc(F)c(N[C@H]2CC[C@H](N)CC2)nc1Cl. The molecule has 1 aromatic rings. The van der Waals surface area contributed by atoms with E-state index in [2.05, 4.69) is 10.3 Å². The summed E-state index contributed by atoms with van der Waals surface area (Å²) in [7, 11) is 0. The Labute approximate surface area is 110 Å². The molecule has 0 radical (unpaired) electrons. The average molecular weight is 269 g/mol. The Morgan fingerprint density at radius 2 is 2.11 bits per heavy atom. The van der Waals surface area contributed by atoms with Crippen molar-refractivity contribution in [3.05, 3.63) is 22.6 Å². The highest BCUT2D eigenvalue weighted by Crippen LogP contribution is 2.24. The lowest BCUT2D eigenvalue weighted by molar-refractivity contribution is 0.409. The Balaban J connectivity index is 2.10. The maximum Gasteiger partial charge on any atom is 0.166 e. The van der Waals surface area contributed by atoms with Crippen LogP contribution in [0.5, 0.6) is 0 Å². The molecule has 1 aliphatic carbocycles. The third kappa shape index (κ3) is 2.89. The van der Waals surface area contributed by atoms with Gasteiger partial charge in [0.2, 0.25) is 0 Å². The fraction of sp³-hybridized carbons (Fsp3) is 0.500. The van der Waals surface area contributed by atoms with Crippen LogP contribution in [0.1, 0.15) is 31.2 Å². The summed E-state index contributed by atoms with van der Waals surface area (Å²) in [6, 6.07) is 3.30. The van der Waals surface area contributed by atoms with Crippen molar-refractivity contribution in [2.45, 2.75) is 37.8 Å². The first-order chi connectivity index (χ1) is 8.60. The van der Waals surface area contributed by atoms with E-state index in [-0.39, 0.29) is 28.6 Å². The van der Waals surface area contributed by atoms with Gasteiger partial charge in [0.15, 0.2) is 11.6 Å². The Kier molecular flexibility index (Phi) is 4.00. The van der Waals surface area contributed by atoms with Crippen LogP contribution in [-0.4, -0.2) is 17.1 Å². The van der Waals surface area contributed by atoms with Crippen LogP contribution in [0, 0.1) is 17.1 Å². The monoisotopic (exact) mass is 268 g/mol.